The topological polar surface area (TPSA) is 215 Å². The Balaban J connectivity index is 1.72. The van der Waals surface area contributed by atoms with Crippen LogP contribution in [-0.4, -0.2) is 150 Å². The SMILES string of the molecule is C=C(C[C@H]1CN[C@H](CN)CCCCNC(=O)CC[C@H](NC[C@H](CCCC)NC(=O)[C@H](CCCCN(CC)CC)NC(C)=O)CNCCCCCN[C@H](Cc2ccccc2)CN[C@@H](CCCN)CN1)c1ccccc1. The monoisotopic (exact) mass is 1030 g/mol. The average molecular weight is 1030 g/mol. The highest BCUT2D eigenvalue weighted by Gasteiger charge is 2.24. The van der Waals surface area contributed by atoms with E-state index < -0.39 is 6.04 Å². The number of carbonyl (C=O) groups is 3. The molecule has 0 bridgehead atoms. The van der Waals surface area contributed by atoms with Crippen LogP contribution in [-0.2, 0) is 20.8 Å². The highest BCUT2D eigenvalue weighted by molar-refractivity contribution is 5.87. The van der Waals surface area contributed by atoms with Gasteiger partial charge in [0.05, 0.1) is 0 Å². The summed E-state index contributed by atoms with van der Waals surface area (Å²) in [6.07, 6.45) is 16.0. The van der Waals surface area contributed by atoms with Crippen molar-refractivity contribution < 1.29 is 14.4 Å². The largest absolute Gasteiger partial charge is 0.356 e. The Kier molecular flexibility index (Phi) is 36.1. The molecule has 0 spiro atoms. The van der Waals surface area contributed by atoms with Crippen molar-refractivity contribution in [2.75, 3.05) is 85.1 Å². The quantitative estimate of drug-likeness (QED) is 0.0568. The van der Waals surface area contributed by atoms with Gasteiger partial charge in [-0.2, -0.15) is 0 Å². The van der Waals surface area contributed by atoms with Crippen LogP contribution in [0.2, 0.25) is 0 Å². The summed E-state index contributed by atoms with van der Waals surface area (Å²) in [6.45, 7) is 22.9. The van der Waals surface area contributed by atoms with Gasteiger partial charge in [0.2, 0.25) is 17.7 Å². The van der Waals surface area contributed by atoms with Crippen molar-refractivity contribution in [1.29, 1.82) is 0 Å². The van der Waals surface area contributed by atoms with Crippen LogP contribution in [0.15, 0.2) is 67.2 Å². The predicted octanol–water partition coefficient (Wildman–Crippen LogP) is 5.35. The molecule has 0 unspecified atom stereocenters. The third-order valence-electron chi connectivity index (χ3n) is 14.6. The molecule has 3 amide bonds. The van der Waals surface area contributed by atoms with E-state index in [1.54, 1.807) is 0 Å². The molecule has 7 atom stereocenters. The van der Waals surface area contributed by atoms with Crippen molar-refractivity contribution in [3.05, 3.63) is 78.4 Å². The first-order valence-corrected chi connectivity index (χ1v) is 29.2. The van der Waals surface area contributed by atoms with Crippen LogP contribution < -0.4 is 59.3 Å². The van der Waals surface area contributed by atoms with Crippen LogP contribution in [0.3, 0.4) is 0 Å². The Hall–Kier alpha value is -3.77. The first-order chi connectivity index (χ1) is 36.1. The highest BCUT2D eigenvalue weighted by atomic mass is 16.2. The summed E-state index contributed by atoms with van der Waals surface area (Å²) in [6, 6.07) is 21.4. The molecule has 420 valence electrons. The number of hydrogen-bond donors (Lipinski definition) is 11. The second-order valence-electron chi connectivity index (χ2n) is 20.9. The summed E-state index contributed by atoms with van der Waals surface area (Å²) in [5.74, 6) is -0.258. The van der Waals surface area contributed by atoms with Crippen molar-refractivity contribution in [2.24, 2.45) is 11.5 Å². The molecule has 0 saturated carbocycles. The van der Waals surface area contributed by atoms with E-state index in [1.165, 1.54) is 12.5 Å². The standard InChI is InChI=1S/C59H106N12O3/c1-6-9-28-54(70-59(74)57(69-48(5)72)31-18-22-38-71(7-2)8-3)44-66-53-32-33-58(73)64-37-21-17-29-51(41-61)65-45-55(39-47(4)50-26-15-11-16-27-50)68-43-52(30-23-34-60)67-46-56(40-49-24-13-10-14-25-49)63-36-20-12-19-35-62-42-53/h10-11,13-16,24-27,51-57,62-63,65-68H,4,6-9,12,17-23,28-46,60-61H2,1-3,5H3,(H,64,73)(H,69,72)(H,70,74)/t51-,52-,53-,54-,55-,56+,57-/m0/s1. The summed E-state index contributed by atoms with van der Waals surface area (Å²) in [4.78, 5) is 41.7. The van der Waals surface area contributed by atoms with Gasteiger partial charge in [0, 0.05) is 95.4 Å². The fourth-order valence-corrected chi connectivity index (χ4v) is 9.86. The minimum Gasteiger partial charge on any atom is -0.356 e. The number of rotatable bonds is 25. The lowest BCUT2D eigenvalue weighted by atomic mass is 9.99. The van der Waals surface area contributed by atoms with E-state index in [0.29, 0.717) is 45.4 Å². The van der Waals surface area contributed by atoms with Gasteiger partial charge in [0.1, 0.15) is 6.04 Å². The van der Waals surface area contributed by atoms with Crippen LogP contribution in [0, 0.1) is 0 Å². The van der Waals surface area contributed by atoms with Gasteiger partial charge in [-0.25, -0.2) is 0 Å². The van der Waals surface area contributed by atoms with Gasteiger partial charge in [-0.15, -0.1) is 0 Å². The second-order valence-corrected chi connectivity index (χ2v) is 20.9. The van der Waals surface area contributed by atoms with E-state index >= 15 is 0 Å². The van der Waals surface area contributed by atoms with Gasteiger partial charge in [-0.1, -0.05) is 114 Å². The molecule has 0 aromatic heterocycles. The van der Waals surface area contributed by atoms with Crippen molar-refractivity contribution in [3.8, 4) is 0 Å². The number of amides is 3. The summed E-state index contributed by atoms with van der Waals surface area (Å²) >= 11 is 0. The number of nitrogens with zero attached hydrogens (tertiary/aromatic N) is 1. The molecular formula is C59H106N12O3. The molecule has 0 aliphatic carbocycles. The van der Waals surface area contributed by atoms with E-state index in [9.17, 15) is 14.4 Å². The Morgan fingerprint density at radius 2 is 1.42 bits per heavy atom. The maximum absolute atomic E-state index is 13.8. The van der Waals surface area contributed by atoms with E-state index in [2.05, 4.69) is 135 Å². The summed E-state index contributed by atoms with van der Waals surface area (Å²) in [5.41, 5.74) is 16.1. The molecule has 1 fully saturated rings. The van der Waals surface area contributed by atoms with Crippen LogP contribution in [0.1, 0.15) is 148 Å². The molecule has 1 aliphatic heterocycles. The lowest BCUT2D eigenvalue weighted by molar-refractivity contribution is -0.128. The van der Waals surface area contributed by atoms with Gasteiger partial charge in [0.15, 0.2) is 0 Å². The fraction of sp³-hybridized carbons (Fsp3) is 0.712. The average Bonchev–Trinajstić information content (AvgIpc) is 3.41. The van der Waals surface area contributed by atoms with E-state index in [-0.39, 0.29) is 54.0 Å². The number of nitrogens with two attached hydrogens (primary N) is 2. The molecule has 1 heterocycles. The van der Waals surface area contributed by atoms with Gasteiger partial charge < -0.3 is 64.2 Å². The highest BCUT2D eigenvalue weighted by Crippen LogP contribution is 2.18. The summed E-state index contributed by atoms with van der Waals surface area (Å²) in [5, 5.41) is 32.5. The zero-order chi connectivity index (χ0) is 53.4. The minimum atomic E-state index is -0.566. The van der Waals surface area contributed by atoms with E-state index in [1.807, 2.05) is 6.07 Å². The molecule has 2 aromatic carbocycles. The Morgan fingerprint density at radius 3 is 2.14 bits per heavy atom. The van der Waals surface area contributed by atoms with Crippen molar-refractivity contribution in [1.82, 2.24) is 52.8 Å². The summed E-state index contributed by atoms with van der Waals surface area (Å²) in [7, 11) is 0. The first-order valence-electron chi connectivity index (χ1n) is 29.2. The molecule has 15 nitrogen and oxygen atoms in total. The van der Waals surface area contributed by atoms with Crippen LogP contribution in [0.4, 0.5) is 0 Å². The summed E-state index contributed by atoms with van der Waals surface area (Å²) < 4.78 is 0. The van der Waals surface area contributed by atoms with Crippen molar-refractivity contribution >= 4 is 23.3 Å². The maximum Gasteiger partial charge on any atom is 0.242 e. The maximum atomic E-state index is 13.8. The molecule has 3 rings (SSSR count). The normalized spacial score (nSPS) is 21.9. The van der Waals surface area contributed by atoms with Gasteiger partial charge in [-0.3, -0.25) is 14.4 Å². The Morgan fingerprint density at radius 1 is 0.730 bits per heavy atom. The van der Waals surface area contributed by atoms with E-state index in [4.69, 9.17) is 11.5 Å². The molecule has 0 radical (unpaired) electrons. The third-order valence-corrected chi connectivity index (χ3v) is 14.6. The number of benzene rings is 2. The molecule has 2 aromatic rings. The lowest BCUT2D eigenvalue weighted by Crippen LogP contribution is -2.53. The zero-order valence-corrected chi connectivity index (χ0v) is 46.8. The number of carbonyl (C=O) groups excluding carboxylic acids is 3. The molecule has 74 heavy (non-hydrogen) atoms. The van der Waals surface area contributed by atoms with Gasteiger partial charge in [-0.05, 0) is 139 Å². The fourth-order valence-electron chi connectivity index (χ4n) is 9.86. The lowest BCUT2D eigenvalue weighted by Gasteiger charge is -2.28. The smallest absolute Gasteiger partial charge is 0.242 e. The molecule has 13 N–H and O–H groups in total. The van der Waals surface area contributed by atoms with Crippen LogP contribution >= 0.6 is 0 Å². The van der Waals surface area contributed by atoms with Crippen molar-refractivity contribution in [2.45, 2.75) is 186 Å². The van der Waals surface area contributed by atoms with E-state index in [0.717, 1.165) is 166 Å². The van der Waals surface area contributed by atoms with Crippen LogP contribution in [0.5, 0.6) is 0 Å². The molecule has 15 heteroatoms. The van der Waals surface area contributed by atoms with Crippen LogP contribution in [0.25, 0.3) is 5.57 Å². The van der Waals surface area contributed by atoms with Crippen molar-refractivity contribution in [3.63, 3.8) is 0 Å². The molecule has 1 aliphatic rings. The second kappa shape index (κ2) is 41.4. The van der Waals surface area contributed by atoms with Gasteiger partial charge >= 0.3 is 0 Å². The Labute approximate surface area is 449 Å². The van der Waals surface area contributed by atoms with Gasteiger partial charge in [0.25, 0.3) is 0 Å². The number of nitrogens with one attached hydrogen (secondary N) is 9. The minimum absolute atomic E-state index is 0.0387. The first kappa shape index (κ1) is 64.5. The molecule has 1 saturated heterocycles. The zero-order valence-electron chi connectivity index (χ0n) is 46.8. The number of unbranched alkanes of at least 4 members (excludes halogenated alkanes) is 2. The number of hydrogen-bond acceptors (Lipinski definition) is 12. The Bertz CT molecular complexity index is 1740. The predicted molar refractivity (Wildman–Crippen MR) is 310 cm³/mol. The molecular weight excluding hydrogens is 925 g/mol. The third kappa shape index (κ3) is 30.1.